The zero-order chi connectivity index (χ0) is 19.4. The van der Waals surface area contributed by atoms with Crippen molar-refractivity contribution < 1.29 is 4.79 Å². The molecule has 1 amide bonds. The first-order valence-corrected chi connectivity index (χ1v) is 9.66. The highest BCUT2D eigenvalue weighted by Gasteiger charge is 2.29. The summed E-state index contributed by atoms with van der Waals surface area (Å²) in [6.45, 7) is 2.05. The standard InChI is InChI=1S/C20H19ClN6O/c1-10(11-3-4-11)24-20(28)14-8-22-19-18(14)25-15(9-23-19)17-13-6-5-12(21)7-16(13)27(2)26-17/h5-11H,3-4H2,1-2H3,(H,22,23)(H,24,28)/t10-/m0/s1. The lowest BCUT2D eigenvalue weighted by Crippen LogP contribution is -2.33. The maximum Gasteiger partial charge on any atom is 0.255 e. The van der Waals surface area contributed by atoms with Gasteiger partial charge in [0.05, 0.1) is 17.3 Å². The van der Waals surface area contributed by atoms with Gasteiger partial charge in [-0.3, -0.25) is 9.48 Å². The number of amides is 1. The molecule has 1 fully saturated rings. The van der Waals surface area contributed by atoms with E-state index in [2.05, 4.69) is 20.4 Å². The Hall–Kier alpha value is -2.93. The molecule has 1 atom stereocenters. The number of nitrogens with zero attached hydrogens (tertiary/aromatic N) is 4. The number of carbonyl (C=O) groups excluding carboxylic acids is 1. The van der Waals surface area contributed by atoms with Gasteiger partial charge in [-0.05, 0) is 43.9 Å². The fourth-order valence-electron chi connectivity index (χ4n) is 3.60. The summed E-state index contributed by atoms with van der Waals surface area (Å²) >= 11 is 6.12. The first-order chi connectivity index (χ1) is 13.5. The number of hydrogen-bond donors (Lipinski definition) is 2. The molecule has 2 N–H and O–H groups in total. The van der Waals surface area contributed by atoms with Gasteiger partial charge in [-0.25, -0.2) is 9.97 Å². The molecular weight excluding hydrogens is 376 g/mol. The molecule has 1 saturated carbocycles. The van der Waals surface area contributed by atoms with Crippen LogP contribution in [0.5, 0.6) is 0 Å². The van der Waals surface area contributed by atoms with Gasteiger partial charge in [-0.15, -0.1) is 0 Å². The molecule has 28 heavy (non-hydrogen) atoms. The molecule has 3 aromatic heterocycles. The molecule has 3 heterocycles. The van der Waals surface area contributed by atoms with E-state index in [0.717, 1.165) is 10.9 Å². The molecular formula is C20H19ClN6O. The number of halogens is 1. The second kappa shape index (κ2) is 6.31. The summed E-state index contributed by atoms with van der Waals surface area (Å²) in [6, 6.07) is 5.79. The van der Waals surface area contributed by atoms with Gasteiger partial charge in [0, 0.05) is 29.7 Å². The highest BCUT2D eigenvalue weighted by atomic mass is 35.5. The predicted molar refractivity (Wildman–Crippen MR) is 108 cm³/mol. The Bertz CT molecular complexity index is 1220. The molecule has 1 aromatic carbocycles. The molecule has 4 aromatic rings. The van der Waals surface area contributed by atoms with E-state index in [-0.39, 0.29) is 11.9 Å². The maximum atomic E-state index is 12.7. The fraction of sp³-hybridized carbons (Fsp3) is 0.300. The zero-order valence-electron chi connectivity index (χ0n) is 15.5. The third-order valence-corrected chi connectivity index (χ3v) is 5.60. The van der Waals surface area contributed by atoms with Crippen LogP contribution < -0.4 is 5.32 Å². The number of aromatic nitrogens is 5. The summed E-state index contributed by atoms with van der Waals surface area (Å²) in [5.41, 5.74) is 3.86. The number of H-pyrrole nitrogens is 1. The van der Waals surface area contributed by atoms with E-state index in [1.807, 2.05) is 32.2 Å². The Kier molecular flexibility index (Phi) is 3.87. The van der Waals surface area contributed by atoms with Crippen LogP contribution in [0.2, 0.25) is 5.02 Å². The molecule has 0 spiro atoms. The number of nitrogens with one attached hydrogen (secondary N) is 2. The summed E-state index contributed by atoms with van der Waals surface area (Å²) in [5.74, 6) is 0.456. The van der Waals surface area contributed by atoms with E-state index in [0.29, 0.717) is 39.1 Å². The van der Waals surface area contributed by atoms with Crippen molar-refractivity contribution in [2.24, 2.45) is 13.0 Å². The molecule has 7 nitrogen and oxygen atoms in total. The van der Waals surface area contributed by atoms with Crippen LogP contribution in [0.4, 0.5) is 0 Å². The van der Waals surface area contributed by atoms with Crippen LogP contribution in [-0.2, 0) is 7.05 Å². The van der Waals surface area contributed by atoms with Crippen molar-refractivity contribution in [1.82, 2.24) is 30.0 Å². The normalized spacial score (nSPS) is 15.2. The summed E-state index contributed by atoms with van der Waals surface area (Å²) in [4.78, 5) is 24.9. The quantitative estimate of drug-likeness (QED) is 0.552. The van der Waals surface area contributed by atoms with Crippen LogP contribution in [0.3, 0.4) is 0 Å². The Morgan fingerprint density at radius 2 is 2.21 bits per heavy atom. The Balaban J connectivity index is 1.57. The highest BCUT2D eigenvalue weighted by molar-refractivity contribution is 6.31. The van der Waals surface area contributed by atoms with Crippen LogP contribution in [0.15, 0.2) is 30.6 Å². The van der Waals surface area contributed by atoms with Crippen molar-refractivity contribution in [1.29, 1.82) is 0 Å². The zero-order valence-corrected chi connectivity index (χ0v) is 16.3. The van der Waals surface area contributed by atoms with E-state index >= 15 is 0 Å². The van der Waals surface area contributed by atoms with Crippen LogP contribution >= 0.6 is 11.6 Å². The van der Waals surface area contributed by atoms with E-state index in [1.165, 1.54) is 12.8 Å². The minimum atomic E-state index is -0.130. The number of hydrogen-bond acceptors (Lipinski definition) is 4. The minimum absolute atomic E-state index is 0.130. The average molecular weight is 395 g/mol. The van der Waals surface area contributed by atoms with Crippen LogP contribution in [0.25, 0.3) is 33.5 Å². The van der Waals surface area contributed by atoms with Gasteiger partial charge in [0.2, 0.25) is 0 Å². The highest BCUT2D eigenvalue weighted by Crippen LogP contribution is 2.33. The smallest absolute Gasteiger partial charge is 0.255 e. The van der Waals surface area contributed by atoms with Gasteiger partial charge in [-0.1, -0.05) is 11.6 Å². The monoisotopic (exact) mass is 394 g/mol. The number of carbonyl (C=O) groups is 1. The first kappa shape index (κ1) is 17.2. The lowest BCUT2D eigenvalue weighted by Gasteiger charge is -2.11. The number of benzene rings is 1. The largest absolute Gasteiger partial charge is 0.349 e. The Morgan fingerprint density at radius 3 is 3.00 bits per heavy atom. The average Bonchev–Trinajstić information content (AvgIpc) is 3.37. The Morgan fingerprint density at radius 1 is 1.39 bits per heavy atom. The second-order valence-corrected chi connectivity index (χ2v) is 7.82. The lowest BCUT2D eigenvalue weighted by molar-refractivity contribution is 0.0937. The number of rotatable bonds is 4. The van der Waals surface area contributed by atoms with Crippen molar-refractivity contribution >= 4 is 39.6 Å². The molecule has 5 rings (SSSR count). The maximum absolute atomic E-state index is 12.7. The molecule has 0 saturated heterocycles. The van der Waals surface area contributed by atoms with Gasteiger partial charge >= 0.3 is 0 Å². The lowest BCUT2D eigenvalue weighted by atomic mass is 10.1. The molecule has 142 valence electrons. The molecule has 0 unspecified atom stereocenters. The van der Waals surface area contributed by atoms with E-state index in [1.54, 1.807) is 17.1 Å². The molecule has 0 aliphatic heterocycles. The van der Waals surface area contributed by atoms with Crippen molar-refractivity contribution in [3.8, 4) is 11.4 Å². The van der Waals surface area contributed by atoms with Gasteiger partial charge in [0.1, 0.15) is 16.9 Å². The molecule has 1 aliphatic rings. The number of fused-ring (bicyclic) bond motifs is 2. The van der Waals surface area contributed by atoms with Gasteiger partial charge in [-0.2, -0.15) is 5.10 Å². The topological polar surface area (TPSA) is 88.5 Å². The summed E-state index contributed by atoms with van der Waals surface area (Å²) in [5, 5.41) is 9.25. The number of aromatic amines is 1. The first-order valence-electron chi connectivity index (χ1n) is 9.29. The van der Waals surface area contributed by atoms with Crippen molar-refractivity contribution in [2.75, 3.05) is 0 Å². The summed E-state index contributed by atoms with van der Waals surface area (Å²) < 4.78 is 1.77. The summed E-state index contributed by atoms with van der Waals surface area (Å²) in [6.07, 6.45) is 5.69. The molecule has 1 aliphatic carbocycles. The van der Waals surface area contributed by atoms with Crippen LogP contribution in [0.1, 0.15) is 30.1 Å². The third-order valence-electron chi connectivity index (χ3n) is 5.37. The molecule has 0 bridgehead atoms. The molecule has 0 radical (unpaired) electrons. The third kappa shape index (κ3) is 2.82. The van der Waals surface area contributed by atoms with Crippen molar-refractivity contribution in [2.45, 2.75) is 25.8 Å². The molecule has 8 heteroatoms. The Labute approximate surface area is 166 Å². The van der Waals surface area contributed by atoms with Crippen molar-refractivity contribution in [3.63, 3.8) is 0 Å². The van der Waals surface area contributed by atoms with Gasteiger partial charge in [0.15, 0.2) is 5.65 Å². The van der Waals surface area contributed by atoms with Crippen molar-refractivity contribution in [3.05, 3.63) is 41.2 Å². The van der Waals surface area contributed by atoms with E-state index in [4.69, 9.17) is 16.6 Å². The van der Waals surface area contributed by atoms with Crippen LogP contribution in [0, 0.1) is 5.92 Å². The van der Waals surface area contributed by atoms with Gasteiger partial charge in [0.25, 0.3) is 5.91 Å². The minimum Gasteiger partial charge on any atom is -0.349 e. The summed E-state index contributed by atoms with van der Waals surface area (Å²) in [7, 11) is 1.86. The van der Waals surface area contributed by atoms with Gasteiger partial charge < -0.3 is 10.3 Å². The van der Waals surface area contributed by atoms with E-state index < -0.39 is 0 Å². The fourth-order valence-corrected chi connectivity index (χ4v) is 3.76. The van der Waals surface area contributed by atoms with Crippen LogP contribution in [-0.4, -0.2) is 36.7 Å². The SMILES string of the molecule is C[C@H](NC(=O)c1c[nH]c2ncc(-c3nn(C)c4cc(Cl)ccc34)nc12)C1CC1. The number of aryl methyl sites for hydroxylation is 1. The predicted octanol–water partition coefficient (Wildman–Crippen LogP) is 3.69. The second-order valence-electron chi connectivity index (χ2n) is 7.39. The van der Waals surface area contributed by atoms with E-state index in [9.17, 15) is 4.79 Å².